The molecule has 0 radical (unpaired) electrons. The molecule has 2 N–H and O–H groups in total. The van der Waals surface area contributed by atoms with Gasteiger partial charge in [0.25, 0.3) is 0 Å². The van der Waals surface area contributed by atoms with Crippen LogP contribution < -0.4 is 5.32 Å². The van der Waals surface area contributed by atoms with Crippen molar-refractivity contribution in [1.29, 1.82) is 0 Å². The highest BCUT2D eigenvalue weighted by atomic mass is 16.4. The molecule has 5 nitrogen and oxygen atoms in total. The van der Waals surface area contributed by atoms with Gasteiger partial charge >= 0.3 is 5.97 Å². The Labute approximate surface area is 97.4 Å². The number of piperidine rings is 1. The third-order valence-corrected chi connectivity index (χ3v) is 3.30. The van der Waals surface area contributed by atoms with Gasteiger partial charge in [0.2, 0.25) is 0 Å². The molecule has 0 spiro atoms. The van der Waals surface area contributed by atoms with E-state index in [1.165, 1.54) is 6.42 Å². The topological polar surface area (TPSA) is 55.8 Å². The molecule has 1 rings (SSSR count). The first-order valence-corrected chi connectivity index (χ1v) is 5.83. The largest absolute Gasteiger partial charge is 0.480 e. The summed E-state index contributed by atoms with van der Waals surface area (Å²) in [7, 11) is 5.87. The number of carbonyl (C=O) groups is 1. The third kappa shape index (κ3) is 3.73. The zero-order valence-corrected chi connectivity index (χ0v) is 10.4. The molecule has 16 heavy (non-hydrogen) atoms. The molecule has 2 atom stereocenters. The van der Waals surface area contributed by atoms with Crippen LogP contribution in [0.1, 0.15) is 12.8 Å². The Morgan fingerprint density at radius 2 is 2.31 bits per heavy atom. The van der Waals surface area contributed by atoms with E-state index in [1.54, 1.807) is 7.05 Å². The van der Waals surface area contributed by atoms with Gasteiger partial charge in [0.05, 0.1) is 0 Å². The highest BCUT2D eigenvalue weighted by Crippen LogP contribution is 2.13. The Kier molecular flexibility index (Phi) is 5.18. The van der Waals surface area contributed by atoms with Crippen molar-refractivity contribution in [3.8, 4) is 0 Å². The second-order valence-electron chi connectivity index (χ2n) is 4.70. The molecule has 0 aliphatic carbocycles. The maximum atomic E-state index is 10.9. The molecular weight excluding hydrogens is 206 g/mol. The number of aliphatic carboxylic acids is 1. The van der Waals surface area contributed by atoms with E-state index in [2.05, 4.69) is 29.2 Å². The molecule has 0 saturated carbocycles. The lowest BCUT2D eigenvalue weighted by Crippen LogP contribution is -2.51. The van der Waals surface area contributed by atoms with Crippen molar-refractivity contribution < 1.29 is 9.90 Å². The lowest BCUT2D eigenvalue weighted by Gasteiger charge is -2.37. The van der Waals surface area contributed by atoms with Gasteiger partial charge in [-0.1, -0.05) is 0 Å². The summed E-state index contributed by atoms with van der Waals surface area (Å²) in [4.78, 5) is 15.4. The molecule has 94 valence electrons. The molecule has 1 aliphatic rings. The molecule has 0 amide bonds. The number of carboxylic acid groups (broad SMARTS) is 1. The molecule has 0 bridgehead atoms. The number of rotatable bonds is 5. The van der Waals surface area contributed by atoms with E-state index in [-0.39, 0.29) is 0 Å². The van der Waals surface area contributed by atoms with E-state index in [0.717, 1.165) is 19.5 Å². The second kappa shape index (κ2) is 6.18. The number of hydrogen-bond donors (Lipinski definition) is 2. The predicted octanol–water partition coefficient (Wildman–Crippen LogP) is -0.315. The van der Waals surface area contributed by atoms with Crippen molar-refractivity contribution in [2.75, 3.05) is 40.8 Å². The lowest BCUT2D eigenvalue weighted by atomic mass is 10.0. The Bertz CT molecular complexity index is 233. The first kappa shape index (κ1) is 13.4. The minimum absolute atomic E-state index is 0.457. The van der Waals surface area contributed by atoms with Crippen LogP contribution in [0.5, 0.6) is 0 Å². The van der Waals surface area contributed by atoms with Crippen molar-refractivity contribution in [1.82, 2.24) is 15.1 Å². The lowest BCUT2D eigenvalue weighted by molar-refractivity contribution is -0.140. The molecule has 1 saturated heterocycles. The van der Waals surface area contributed by atoms with Gasteiger partial charge in [-0.15, -0.1) is 0 Å². The standard InChI is InChI=1S/C11H23N3O2/c1-12-10(11(15)16)8-14-6-4-5-9(7-14)13(2)3/h9-10,12H,4-8H2,1-3H3,(H,15,16). The molecule has 2 unspecified atom stereocenters. The Morgan fingerprint density at radius 3 is 2.81 bits per heavy atom. The Morgan fingerprint density at radius 1 is 1.62 bits per heavy atom. The third-order valence-electron chi connectivity index (χ3n) is 3.30. The van der Waals surface area contributed by atoms with Crippen LogP contribution in [0, 0.1) is 0 Å². The number of carboxylic acids is 1. The summed E-state index contributed by atoms with van der Waals surface area (Å²) >= 11 is 0. The zero-order valence-electron chi connectivity index (χ0n) is 10.4. The minimum Gasteiger partial charge on any atom is -0.480 e. The Hall–Kier alpha value is -0.650. The minimum atomic E-state index is -0.769. The summed E-state index contributed by atoms with van der Waals surface area (Å²) in [5, 5.41) is 11.8. The summed E-state index contributed by atoms with van der Waals surface area (Å²) in [5.41, 5.74) is 0. The first-order valence-electron chi connectivity index (χ1n) is 5.83. The fourth-order valence-corrected chi connectivity index (χ4v) is 2.17. The SMILES string of the molecule is CNC(CN1CCCC(N(C)C)C1)C(=O)O. The number of nitrogens with zero attached hydrogens (tertiary/aromatic N) is 2. The fraction of sp³-hybridized carbons (Fsp3) is 0.909. The molecule has 0 aromatic heterocycles. The quantitative estimate of drug-likeness (QED) is 0.677. The van der Waals surface area contributed by atoms with Crippen molar-refractivity contribution >= 4 is 5.97 Å². The van der Waals surface area contributed by atoms with Crippen LogP contribution >= 0.6 is 0 Å². The number of hydrogen-bond acceptors (Lipinski definition) is 4. The fourth-order valence-electron chi connectivity index (χ4n) is 2.17. The predicted molar refractivity (Wildman–Crippen MR) is 63.6 cm³/mol. The molecule has 1 fully saturated rings. The molecule has 0 aromatic carbocycles. The maximum absolute atomic E-state index is 10.9. The molecular formula is C11H23N3O2. The van der Waals surface area contributed by atoms with Gasteiger partial charge in [-0.3, -0.25) is 9.69 Å². The smallest absolute Gasteiger partial charge is 0.322 e. The van der Waals surface area contributed by atoms with Crippen molar-refractivity contribution in [3.63, 3.8) is 0 Å². The second-order valence-corrected chi connectivity index (χ2v) is 4.70. The average Bonchev–Trinajstić information content (AvgIpc) is 2.25. The van der Waals surface area contributed by atoms with Gasteiger partial charge < -0.3 is 15.3 Å². The van der Waals surface area contributed by atoms with E-state index in [9.17, 15) is 4.79 Å². The highest BCUT2D eigenvalue weighted by Gasteiger charge is 2.25. The number of nitrogens with one attached hydrogen (secondary N) is 1. The van der Waals surface area contributed by atoms with Crippen molar-refractivity contribution in [3.05, 3.63) is 0 Å². The summed E-state index contributed by atoms with van der Waals surface area (Å²) < 4.78 is 0. The summed E-state index contributed by atoms with van der Waals surface area (Å²) in [6.07, 6.45) is 2.36. The van der Waals surface area contributed by atoms with Crippen molar-refractivity contribution in [2.45, 2.75) is 24.9 Å². The van der Waals surface area contributed by atoms with Crippen LogP contribution in [-0.2, 0) is 4.79 Å². The van der Waals surface area contributed by atoms with Crippen LogP contribution in [-0.4, -0.2) is 73.7 Å². The van der Waals surface area contributed by atoms with Crippen LogP contribution in [0.25, 0.3) is 0 Å². The monoisotopic (exact) mass is 229 g/mol. The number of likely N-dealkylation sites (tertiary alicyclic amines) is 1. The summed E-state index contributed by atoms with van der Waals surface area (Å²) in [5.74, 6) is -0.769. The average molecular weight is 229 g/mol. The van der Waals surface area contributed by atoms with Gasteiger partial charge in [-0.2, -0.15) is 0 Å². The van der Waals surface area contributed by atoms with Gasteiger partial charge in [-0.05, 0) is 40.5 Å². The van der Waals surface area contributed by atoms with Crippen LogP contribution in [0.2, 0.25) is 0 Å². The van der Waals surface area contributed by atoms with E-state index in [4.69, 9.17) is 5.11 Å². The number of likely N-dealkylation sites (N-methyl/N-ethyl adjacent to an activating group) is 2. The zero-order chi connectivity index (χ0) is 12.1. The van der Waals surface area contributed by atoms with Gasteiger partial charge in [0, 0.05) is 19.1 Å². The summed E-state index contributed by atoms with van der Waals surface area (Å²) in [6.45, 7) is 2.57. The Balaban J connectivity index is 2.44. The first-order chi connectivity index (χ1) is 7.54. The van der Waals surface area contributed by atoms with Crippen LogP contribution in [0.15, 0.2) is 0 Å². The van der Waals surface area contributed by atoms with Gasteiger partial charge in [0.15, 0.2) is 0 Å². The van der Waals surface area contributed by atoms with E-state index in [0.29, 0.717) is 12.6 Å². The molecule has 1 heterocycles. The van der Waals surface area contributed by atoms with E-state index >= 15 is 0 Å². The normalized spacial score (nSPS) is 24.6. The molecule has 5 heteroatoms. The molecule has 1 aliphatic heterocycles. The van der Waals surface area contributed by atoms with E-state index in [1.807, 2.05) is 0 Å². The van der Waals surface area contributed by atoms with Crippen LogP contribution in [0.3, 0.4) is 0 Å². The summed E-state index contributed by atoms with van der Waals surface area (Å²) in [6, 6.07) is 0.0981. The van der Waals surface area contributed by atoms with Gasteiger partial charge in [-0.25, -0.2) is 0 Å². The van der Waals surface area contributed by atoms with Gasteiger partial charge in [0.1, 0.15) is 6.04 Å². The van der Waals surface area contributed by atoms with Crippen LogP contribution in [0.4, 0.5) is 0 Å². The highest BCUT2D eigenvalue weighted by molar-refractivity contribution is 5.73. The van der Waals surface area contributed by atoms with Crippen molar-refractivity contribution in [2.24, 2.45) is 0 Å². The molecule has 0 aromatic rings. The maximum Gasteiger partial charge on any atom is 0.322 e. The van der Waals surface area contributed by atoms with E-state index < -0.39 is 12.0 Å².